The number of guanidine groups is 1. The number of methoxy groups -OCH3 is 1. The SMILES string of the molecule is COc1ccc(NC(N)=NCC2(CC(C)C)CC2)cc1Cl. The van der Waals surface area contributed by atoms with Crippen LogP contribution in [-0.4, -0.2) is 19.6 Å². The third kappa shape index (κ3) is 4.53. The maximum Gasteiger partial charge on any atom is 0.193 e. The average molecular weight is 310 g/mol. The van der Waals surface area contributed by atoms with Gasteiger partial charge in [-0.1, -0.05) is 25.4 Å². The molecule has 0 saturated heterocycles. The number of nitrogens with one attached hydrogen (secondary N) is 1. The van der Waals surface area contributed by atoms with Gasteiger partial charge in [-0.25, -0.2) is 0 Å². The largest absolute Gasteiger partial charge is 0.495 e. The number of aliphatic imine (C=N–C) groups is 1. The van der Waals surface area contributed by atoms with Crippen LogP contribution in [0.25, 0.3) is 0 Å². The van der Waals surface area contributed by atoms with E-state index in [9.17, 15) is 0 Å². The van der Waals surface area contributed by atoms with Crippen molar-refractivity contribution in [3.05, 3.63) is 23.2 Å². The van der Waals surface area contributed by atoms with Crippen LogP contribution in [-0.2, 0) is 0 Å². The Morgan fingerprint density at radius 3 is 2.71 bits per heavy atom. The third-order valence-corrected chi connectivity index (χ3v) is 4.10. The Morgan fingerprint density at radius 1 is 1.48 bits per heavy atom. The van der Waals surface area contributed by atoms with Gasteiger partial charge in [0.15, 0.2) is 5.96 Å². The lowest BCUT2D eigenvalue weighted by Crippen LogP contribution is -2.24. The van der Waals surface area contributed by atoms with Gasteiger partial charge in [-0.05, 0) is 48.8 Å². The summed E-state index contributed by atoms with van der Waals surface area (Å²) in [5, 5.41) is 3.63. The molecule has 5 heteroatoms. The fourth-order valence-electron chi connectivity index (χ4n) is 2.65. The molecule has 0 heterocycles. The zero-order chi connectivity index (χ0) is 15.5. The summed E-state index contributed by atoms with van der Waals surface area (Å²) in [6, 6.07) is 5.46. The minimum absolute atomic E-state index is 0.387. The summed E-state index contributed by atoms with van der Waals surface area (Å²) >= 11 is 6.08. The van der Waals surface area contributed by atoms with Crippen LogP contribution in [0.4, 0.5) is 5.69 Å². The summed E-state index contributed by atoms with van der Waals surface area (Å²) in [4.78, 5) is 4.49. The number of halogens is 1. The Bertz CT molecular complexity index is 524. The Morgan fingerprint density at radius 2 is 2.19 bits per heavy atom. The number of anilines is 1. The van der Waals surface area contributed by atoms with Crippen LogP contribution < -0.4 is 15.8 Å². The monoisotopic (exact) mass is 309 g/mol. The normalized spacial score (nSPS) is 16.9. The second-order valence-corrected chi connectivity index (χ2v) is 6.68. The lowest BCUT2D eigenvalue weighted by atomic mass is 9.94. The van der Waals surface area contributed by atoms with Gasteiger partial charge in [0, 0.05) is 12.2 Å². The molecule has 1 aromatic carbocycles. The first kappa shape index (κ1) is 16.0. The maximum absolute atomic E-state index is 6.08. The predicted molar refractivity (Wildman–Crippen MR) is 89.2 cm³/mol. The summed E-state index contributed by atoms with van der Waals surface area (Å²) in [6.45, 7) is 5.31. The molecule has 2 rings (SSSR count). The van der Waals surface area contributed by atoms with Crippen LogP contribution >= 0.6 is 11.6 Å². The van der Waals surface area contributed by atoms with Gasteiger partial charge in [-0.3, -0.25) is 4.99 Å². The van der Waals surface area contributed by atoms with Crippen LogP contribution in [0.1, 0.15) is 33.1 Å². The van der Waals surface area contributed by atoms with Crippen LogP contribution in [0.5, 0.6) is 5.75 Å². The van der Waals surface area contributed by atoms with E-state index in [2.05, 4.69) is 24.2 Å². The molecule has 116 valence electrons. The number of benzene rings is 1. The molecule has 0 amide bonds. The molecular formula is C16H24ClN3O. The van der Waals surface area contributed by atoms with Crippen molar-refractivity contribution in [2.24, 2.45) is 22.1 Å². The molecule has 0 aromatic heterocycles. The molecule has 0 unspecified atom stereocenters. The van der Waals surface area contributed by atoms with Crippen LogP contribution in [0.3, 0.4) is 0 Å². The standard InChI is InChI=1S/C16H24ClN3O/c1-11(2)9-16(6-7-16)10-19-15(18)20-12-4-5-14(21-3)13(17)8-12/h4-5,8,11H,6-7,9-10H2,1-3H3,(H3,18,19,20). The van der Waals surface area contributed by atoms with E-state index in [1.54, 1.807) is 19.2 Å². The maximum atomic E-state index is 6.08. The summed E-state index contributed by atoms with van der Waals surface area (Å²) < 4.78 is 5.12. The minimum atomic E-state index is 0.387. The predicted octanol–water partition coefficient (Wildman–Crippen LogP) is 3.90. The van der Waals surface area contributed by atoms with E-state index >= 15 is 0 Å². The van der Waals surface area contributed by atoms with Crippen molar-refractivity contribution in [3.63, 3.8) is 0 Å². The van der Waals surface area contributed by atoms with Crippen molar-refractivity contribution in [3.8, 4) is 5.75 Å². The van der Waals surface area contributed by atoms with Gasteiger partial charge in [0.25, 0.3) is 0 Å². The third-order valence-electron chi connectivity index (χ3n) is 3.81. The molecule has 1 saturated carbocycles. The van der Waals surface area contributed by atoms with E-state index in [1.807, 2.05) is 6.07 Å². The molecule has 1 aliphatic rings. The van der Waals surface area contributed by atoms with Gasteiger partial charge in [-0.2, -0.15) is 0 Å². The molecule has 0 bridgehead atoms. The van der Waals surface area contributed by atoms with E-state index in [4.69, 9.17) is 22.1 Å². The first-order valence-corrected chi connectivity index (χ1v) is 7.72. The Hall–Kier alpha value is -1.42. The topological polar surface area (TPSA) is 59.6 Å². The van der Waals surface area contributed by atoms with Crippen molar-refractivity contribution < 1.29 is 4.74 Å². The van der Waals surface area contributed by atoms with Gasteiger partial charge in [0.1, 0.15) is 5.75 Å². The first-order valence-electron chi connectivity index (χ1n) is 7.35. The highest BCUT2D eigenvalue weighted by atomic mass is 35.5. The van der Waals surface area contributed by atoms with Crippen LogP contribution in [0, 0.1) is 11.3 Å². The van der Waals surface area contributed by atoms with Crippen molar-refractivity contribution in [2.75, 3.05) is 19.0 Å². The first-order chi connectivity index (χ1) is 9.94. The second-order valence-electron chi connectivity index (χ2n) is 6.27. The highest BCUT2D eigenvalue weighted by Gasteiger charge is 2.42. The molecule has 1 aromatic rings. The van der Waals surface area contributed by atoms with Crippen LogP contribution in [0.2, 0.25) is 5.02 Å². The summed E-state index contributed by atoms with van der Waals surface area (Å²) in [5.74, 6) is 1.79. The lowest BCUT2D eigenvalue weighted by Gasteiger charge is -2.15. The number of nitrogens with zero attached hydrogens (tertiary/aromatic N) is 1. The van der Waals surface area contributed by atoms with Gasteiger partial charge < -0.3 is 15.8 Å². The van der Waals surface area contributed by atoms with Crippen molar-refractivity contribution in [1.82, 2.24) is 0 Å². The molecular weight excluding hydrogens is 286 g/mol. The molecule has 1 aliphatic carbocycles. The Balaban J connectivity index is 1.93. The van der Waals surface area contributed by atoms with E-state index in [1.165, 1.54) is 19.3 Å². The smallest absolute Gasteiger partial charge is 0.193 e. The molecule has 0 spiro atoms. The summed E-state index contributed by atoms with van der Waals surface area (Å²) in [6.07, 6.45) is 3.74. The number of ether oxygens (including phenoxy) is 1. The van der Waals surface area contributed by atoms with E-state index < -0.39 is 0 Å². The fourth-order valence-corrected chi connectivity index (χ4v) is 2.91. The van der Waals surface area contributed by atoms with Crippen molar-refractivity contribution in [2.45, 2.75) is 33.1 Å². The Labute approximate surface area is 131 Å². The van der Waals surface area contributed by atoms with Gasteiger partial charge in [0.05, 0.1) is 12.1 Å². The molecule has 3 N–H and O–H groups in total. The Kier molecular flexibility index (Phi) is 4.99. The molecule has 1 fully saturated rings. The fraction of sp³-hybridized carbons (Fsp3) is 0.562. The highest BCUT2D eigenvalue weighted by molar-refractivity contribution is 6.32. The van der Waals surface area contributed by atoms with E-state index in [-0.39, 0.29) is 0 Å². The average Bonchev–Trinajstić information content (AvgIpc) is 3.16. The molecule has 0 aliphatic heterocycles. The highest BCUT2D eigenvalue weighted by Crippen LogP contribution is 2.50. The summed E-state index contributed by atoms with van der Waals surface area (Å²) in [5.41, 5.74) is 7.16. The lowest BCUT2D eigenvalue weighted by molar-refractivity contribution is 0.399. The zero-order valence-corrected chi connectivity index (χ0v) is 13.7. The molecule has 4 nitrogen and oxygen atoms in total. The van der Waals surface area contributed by atoms with Gasteiger partial charge in [-0.15, -0.1) is 0 Å². The number of nitrogens with two attached hydrogens (primary N) is 1. The van der Waals surface area contributed by atoms with Gasteiger partial charge >= 0.3 is 0 Å². The van der Waals surface area contributed by atoms with Crippen molar-refractivity contribution in [1.29, 1.82) is 0 Å². The number of hydrogen-bond donors (Lipinski definition) is 2. The molecule has 0 atom stereocenters. The molecule has 21 heavy (non-hydrogen) atoms. The minimum Gasteiger partial charge on any atom is -0.495 e. The van der Waals surface area contributed by atoms with E-state index in [0.717, 1.165) is 12.2 Å². The summed E-state index contributed by atoms with van der Waals surface area (Å²) in [7, 11) is 1.59. The number of hydrogen-bond acceptors (Lipinski definition) is 2. The van der Waals surface area contributed by atoms with Crippen molar-refractivity contribution >= 4 is 23.2 Å². The quantitative estimate of drug-likeness (QED) is 0.619. The van der Waals surface area contributed by atoms with Gasteiger partial charge in [0.2, 0.25) is 0 Å². The zero-order valence-electron chi connectivity index (χ0n) is 12.9. The molecule has 0 radical (unpaired) electrons. The van der Waals surface area contributed by atoms with Crippen LogP contribution in [0.15, 0.2) is 23.2 Å². The second kappa shape index (κ2) is 6.56. The number of rotatable bonds is 6. The van der Waals surface area contributed by atoms with E-state index in [0.29, 0.717) is 28.1 Å².